The number of amides is 1. The maximum atomic E-state index is 15.2. The van der Waals surface area contributed by atoms with Crippen LogP contribution in [0.25, 0.3) is 32.4 Å². The highest BCUT2D eigenvalue weighted by atomic mass is 32.1. The summed E-state index contributed by atoms with van der Waals surface area (Å²) in [5.41, 5.74) is 2.75. The standard InChI is InChI=1S/C24H28FN5O2S/c1-23(2,3)11-18(31)28-21-16-10-14(15-6-7-17-20(19(15)25)33-13-27-17)12-26-22(16)30(29-21)9-8-24(4,5)32/h6-7,10,12-13,32H,8-9,11H2,1-5H3,(H,28,29,31). The average molecular weight is 470 g/mol. The molecule has 9 heteroatoms. The minimum Gasteiger partial charge on any atom is -0.390 e. The van der Waals surface area contributed by atoms with Gasteiger partial charge in [-0.1, -0.05) is 20.8 Å². The van der Waals surface area contributed by atoms with Crippen molar-refractivity contribution in [3.05, 3.63) is 35.7 Å². The van der Waals surface area contributed by atoms with Gasteiger partial charge in [-0.05, 0) is 43.9 Å². The molecule has 0 atom stereocenters. The highest BCUT2D eigenvalue weighted by Crippen LogP contribution is 2.33. The van der Waals surface area contributed by atoms with Crippen LogP contribution in [-0.2, 0) is 11.3 Å². The smallest absolute Gasteiger partial charge is 0.226 e. The Morgan fingerprint density at radius 2 is 1.97 bits per heavy atom. The van der Waals surface area contributed by atoms with Gasteiger partial charge in [0, 0.05) is 30.3 Å². The Kier molecular flexibility index (Phi) is 5.96. The molecule has 0 spiro atoms. The Hall–Kier alpha value is -2.91. The fourth-order valence-electron chi connectivity index (χ4n) is 3.61. The predicted molar refractivity (Wildman–Crippen MR) is 130 cm³/mol. The summed E-state index contributed by atoms with van der Waals surface area (Å²) in [5, 5.41) is 18.2. The number of nitrogens with zero attached hydrogens (tertiary/aromatic N) is 4. The number of anilines is 1. The van der Waals surface area contributed by atoms with Crippen molar-refractivity contribution in [3.8, 4) is 11.1 Å². The van der Waals surface area contributed by atoms with Crippen molar-refractivity contribution in [2.24, 2.45) is 5.41 Å². The van der Waals surface area contributed by atoms with Crippen molar-refractivity contribution < 1.29 is 14.3 Å². The topological polar surface area (TPSA) is 92.9 Å². The van der Waals surface area contributed by atoms with Gasteiger partial charge >= 0.3 is 0 Å². The van der Waals surface area contributed by atoms with Crippen LogP contribution in [0.5, 0.6) is 0 Å². The van der Waals surface area contributed by atoms with Gasteiger partial charge in [-0.2, -0.15) is 5.10 Å². The normalized spacial score (nSPS) is 12.6. The minimum atomic E-state index is -0.874. The van der Waals surface area contributed by atoms with Gasteiger partial charge in [-0.15, -0.1) is 11.3 Å². The lowest BCUT2D eigenvalue weighted by Crippen LogP contribution is -2.22. The van der Waals surface area contributed by atoms with Crippen LogP contribution < -0.4 is 5.32 Å². The first-order valence-corrected chi connectivity index (χ1v) is 11.7. The molecule has 4 rings (SSSR count). The SMILES string of the molecule is CC(C)(C)CC(=O)Nc1nn(CCC(C)(C)O)c2ncc(-c3ccc4ncsc4c3F)cc12. The summed E-state index contributed by atoms with van der Waals surface area (Å²) in [6.45, 7) is 9.85. The van der Waals surface area contributed by atoms with E-state index < -0.39 is 5.60 Å². The van der Waals surface area contributed by atoms with Crippen molar-refractivity contribution in [1.29, 1.82) is 0 Å². The van der Waals surface area contributed by atoms with Crippen LogP contribution in [0.4, 0.5) is 10.2 Å². The van der Waals surface area contributed by atoms with Crippen molar-refractivity contribution in [2.45, 2.75) is 59.6 Å². The number of aliphatic hydroxyl groups is 1. The molecular formula is C24H28FN5O2S. The number of aryl methyl sites for hydroxylation is 1. The van der Waals surface area contributed by atoms with Crippen LogP contribution in [0, 0.1) is 11.2 Å². The van der Waals surface area contributed by atoms with Crippen LogP contribution in [0.15, 0.2) is 29.9 Å². The van der Waals surface area contributed by atoms with Crippen LogP contribution in [0.3, 0.4) is 0 Å². The first-order valence-electron chi connectivity index (χ1n) is 10.8. The van der Waals surface area contributed by atoms with E-state index in [0.717, 1.165) is 0 Å². The molecule has 4 aromatic rings. The number of hydrogen-bond donors (Lipinski definition) is 2. The zero-order valence-corrected chi connectivity index (χ0v) is 20.3. The van der Waals surface area contributed by atoms with Gasteiger partial charge in [0.1, 0.15) is 5.82 Å². The number of benzene rings is 1. The first-order chi connectivity index (χ1) is 15.4. The lowest BCUT2D eigenvalue weighted by atomic mass is 9.92. The third-order valence-electron chi connectivity index (χ3n) is 5.22. The molecule has 0 saturated heterocycles. The second kappa shape index (κ2) is 8.46. The highest BCUT2D eigenvalue weighted by molar-refractivity contribution is 7.16. The summed E-state index contributed by atoms with van der Waals surface area (Å²) < 4.78 is 17.3. The molecule has 174 valence electrons. The van der Waals surface area contributed by atoms with Crippen molar-refractivity contribution in [3.63, 3.8) is 0 Å². The average Bonchev–Trinajstić information content (AvgIpc) is 3.30. The third-order valence-corrected chi connectivity index (χ3v) is 6.06. The summed E-state index contributed by atoms with van der Waals surface area (Å²) in [7, 11) is 0. The Morgan fingerprint density at radius 3 is 2.67 bits per heavy atom. The Morgan fingerprint density at radius 1 is 1.21 bits per heavy atom. The summed E-state index contributed by atoms with van der Waals surface area (Å²) in [4.78, 5) is 21.4. The molecule has 0 unspecified atom stereocenters. The quantitative estimate of drug-likeness (QED) is 0.395. The van der Waals surface area contributed by atoms with Gasteiger partial charge in [-0.3, -0.25) is 4.79 Å². The number of halogens is 1. The Bertz CT molecular complexity index is 1330. The molecular weight excluding hydrogens is 441 g/mol. The lowest BCUT2D eigenvalue weighted by molar-refractivity contribution is -0.117. The number of aromatic nitrogens is 4. The van der Waals surface area contributed by atoms with E-state index >= 15 is 4.39 Å². The number of rotatable bonds is 6. The second-order valence-corrected chi connectivity index (χ2v) is 11.0. The van der Waals surface area contributed by atoms with E-state index in [4.69, 9.17) is 0 Å². The highest BCUT2D eigenvalue weighted by Gasteiger charge is 2.22. The van der Waals surface area contributed by atoms with Gasteiger partial charge in [0.05, 0.1) is 26.7 Å². The van der Waals surface area contributed by atoms with Gasteiger partial charge < -0.3 is 10.4 Å². The van der Waals surface area contributed by atoms with Crippen LogP contribution >= 0.6 is 11.3 Å². The molecule has 0 aliphatic heterocycles. The molecule has 1 amide bonds. The van der Waals surface area contributed by atoms with E-state index in [-0.39, 0.29) is 17.1 Å². The number of carbonyl (C=O) groups is 1. The van der Waals surface area contributed by atoms with E-state index in [1.807, 2.05) is 20.8 Å². The molecule has 33 heavy (non-hydrogen) atoms. The van der Waals surface area contributed by atoms with Gasteiger partial charge in [0.2, 0.25) is 5.91 Å². The maximum Gasteiger partial charge on any atom is 0.226 e. The van der Waals surface area contributed by atoms with Crippen LogP contribution in [0.2, 0.25) is 0 Å². The zero-order valence-electron chi connectivity index (χ0n) is 19.4. The number of fused-ring (bicyclic) bond motifs is 2. The number of nitrogens with one attached hydrogen (secondary N) is 1. The molecule has 0 fully saturated rings. The third kappa shape index (κ3) is 5.20. The largest absolute Gasteiger partial charge is 0.390 e. The second-order valence-electron chi connectivity index (χ2n) is 10.1. The van der Waals surface area contributed by atoms with E-state index in [1.54, 1.807) is 48.4 Å². The van der Waals surface area contributed by atoms with Gasteiger partial charge in [-0.25, -0.2) is 19.0 Å². The summed E-state index contributed by atoms with van der Waals surface area (Å²) in [6, 6.07) is 5.28. The van der Waals surface area contributed by atoms with Crippen molar-refractivity contribution in [1.82, 2.24) is 19.7 Å². The number of carbonyl (C=O) groups excluding carboxylic acids is 1. The monoisotopic (exact) mass is 469 g/mol. The lowest BCUT2D eigenvalue weighted by Gasteiger charge is -2.17. The molecule has 0 aliphatic carbocycles. The molecule has 0 bridgehead atoms. The van der Waals surface area contributed by atoms with Crippen molar-refractivity contribution >= 4 is 44.3 Å². The molecule has 0 aliphatic rings. The van der Waals surface area contributed by atoms with Crippen LogP contribution in [-0.4, -0.2) is 36.4 Å². The van der Waals surface area contributed by atoms with Crippen LogP contribution in [0.1, 0.15) is 47.5 Å². The van der Waals surface area contributed by atoms with Gasteiger partial charge in [0.25, 0.3) is 0 Å². The molecule has 2 N–H and O–H groups in total. The molecule has 1 aromatic carbocycles. The summed E-state index contributed by atoms with van der Waals surface area (Å²) in [6.07, 6.45) is 2.39. The molecule has 0 radical (unpaired) electrons. The molecule has 0 saturated carbocycles. The zero-order chi connectivity index (χ0) is 24.0. The number of pyridine rings is 1. The number of thiazole rings is 1. The first kappa shape index (κ1) is 23.3. The maximum absolute atomic E-state index is 15.2. The van der Waals surface area contributed by atoms with Crippen molar-refractivity contribution in [2.75, 3.05) is 5.32 Å². The fraction of sp³-hybridized carbons (Fsp3) is 0.417. The molecule has 3 heterocycles. The summed E-state index contributed by atoms with van der Waals surface area (Å²) in [5.74, 6) is -0.119. The number of hydrogen-bond acceptors (Lipinski definition) is 6. The van der Waals surface area contributed by atoms with E-state index in [2.05, 4.69) is 20.4 Å². The predicted octanol–water partition coefficient (Wildman–Crippen LogP) is 5.38. The van der Waals surface area contributed by atoms with Gasteiger partial charge in [0.15, 0.2) is 11.5 Å². The molecule has 7 nitrogen and oxygen atoms in total. The van der Waals surface area contributed by atoms with E-state index in [1.165, 1.54) is 11.3 Å². The Labute approximate surface area is 195 Å². The minimum absolute atomic E-state index is 0.154. The Balaban J connectivity index is 1.78. The van der Waals surface area contributed by atoms with E-state index in [9.17, 15) is 9.90 Å². The fourth-order valence-corrected chi connectivity index (χ4v) is 4.34. The summed E-state index contributed by atoms with van der Waals surface area (Å²) >= 11 is 1.25. The molecule has 3 aromatic heterocycles. The van der Waals surface area contributed by atoms with E-state index in [0.29, 0.717) is 57.6 Å².